The van der Waals surface area contributed by atoms with Gasteiger partial charge in [0.1, 0.15) is 5.75 Å². The number of rotatable bonds is 7. The van der Waals surface area contributed by atoms with E-state index >= 15 is 0 Å². The molecule has 0 atom stereocenters. The zero-order chi connectivity index (χ0) is 13.4. The molecule has 3 nitrogen and oxygen atoms in total. The Kier molecular flexibility index (Phi) is 7.08. The third-order valence-corrected chi connectivity index (χ3v) is 3.53. The van der Waals surface area contributed by atoms with Crippen LogP contribution in [0, 0.1) is 6.92 Å². The number of alkyl halides is 1. The van der Waals surface area contributed by atoms with Crippen LogP contribution in [-0.2, 0) is 0 Å². The Morgan fingerprint density at radius 1 is 1.33 bits per heavy atom. The highest BCUT2D eigenvalue weighted by atomic mass is 127. The van der Waals surface area contributed by atoms with E-state index in [0.29, 0.717) is 5.56 Å². The molecule has 0 aliphatic rings. The first kappa shape index (κ1) is 15.3. The average Bonchev–Trinajstić information content (AvgIpc) is 2.38. The van der Waals surface area contributed by atoms with Gasteiger partial charge in [0.05, 0.1) is 7.11 Å². The molecule has 1 aromatic rings. The van der Waals surface area contributed by atoms with Crippen molar-refractivity contribution >= 4 is 28.5 Å². The van der Waals surface area contributed by atoms with E-state index < -0.39 is 0 Å². The van der Waals surface area contributed by atoms with E-state index in [2.05, 4.69) is 27.9 Å². The zero-order valence-corrected chi connectivity index (χ0v) is 13.1. The standard InChI is InChI=1S/C14H20INO2/c1-11-6-7-12(10-13(11)18-2)14(17)16-9-5-3-4-8-15/h6-7,10H,3-5,8-9H2,1-2H3,(H,16,17). The van der Waals surface area contributed by atoms with Gasteiger partial charge in [0.15, 0.2) is 0 Å². The van der Waals surface area contributed by atoms with Crippen LogP contribution in [-0.4, -0.2) is 24.0 Å². The Bertz CT molecular complexity index is 393. The molecule has 0 saturated heterocycles. The van der Waals surface area contributed by atoms with E-state index in [4.69, 9.17) is 4.74 Å². The predicted octanol–water partition coefficient (Wildman–Crippen LogP) is 3.34. The molecule has 0 spiro atoms. The minimum atomic E-state index is -0.0252. The average molecular weight is 361 g/mol. The maximum atomic E-state index is 11.9. The molecular formula is C14H20INO2. The van der Waals surface area contributed by atoms with Crippen molar-refractivity contribution in [1.82, 2.24) is 5.32 Å². The Hall–Kier alpha value is -0.780. The van der Waals surface area contributed by atoms with Crippen LogP contribution in [0.25, 0.3) is 0 Å². The van der Waals surface area contributed by atoms with Gasteiger partial charge in [-0.05, 0) is 41.9 Å². The summed E-state index contributed by atoms with van der Waals surface area (Å²) >= 11 is 2.37. The minimum Gasteiger partial charge on any atom is -0.496 e. The molecule has 100 valence electrons. The van der Waals surface area contributed by atoms with Gasteiger partial charge in [-0.1, -0.05) is 35.1 Å². The van der Waals surface area contributed by atoms with Crippen molar-refractivity contribution in [3.8, 4) is 5.75 Å². The van der Waals surface area contributed by atoms with Gasteiger partial charge in [-0.15, -0.1) is 0 Å². The van der Waals surface area contributed by atoms with E-state index in [1.165, 1.54) is 17.3 Å². The number of hydrogen-bond acceptors (Lipinski definition) is 2. The van der Waals surface area contributed by atoms with Crippen LogP contribution in [0.1, 0.15) is 35.2 Å². The number of carbonyl (C=O) groups excluding carboxylic acids is 1. The smallest absolute Gasteiger partial charge is 0.251 e. The minimum absolute atomic E-state index is 0.0252. The van der Waals surface area contributed by atoms with E-state index in [9.17, 15) is 4.79 Å². The number of carbonyl (C=O) groups is 1. The van der Waals surface area contributed by atoms with Crippen LogP contribution in [0.3, 0.4) is 0 Å². The Labute approximate surface area is 122 Å². The molecule has 1 N–H and O–H groups in total. The molecular weight excluding hydrogens is 341 g/mol. The van der Waals surface area contributed by atoms with Crippen LogP contribution in [0.15, 0.2) is 18.2 Å². The molecule has 0 aliphatic heterocycles. The normalized spacial score (nSPS) is 10.2. The third-order valence-electron chi connectivity index (χ3n) is 2.77. The summed E-state index contributed by atoms with van der Waals surface area (Å²) in [6.45, 7) is 2.70. The lowest BCUT2D eigenvalue weighted by Crippen LogP contribution is -2.24. The molecule has 18 heavy (non-hydrogen) atoms. The van der Waals surface area contributed by atoms with Crippen LogP contribution in [0.5, 0.6) is 5.75 Å². The quantitative estimate of drug-likeness (QED) is 0.460. The van der Waals surface area contributed by atoms with Crippen LogP contribution < -0.4 is 10.1 Å². The first-order valence-electron chi connectivity index (χ1n) is 6.18. The maximum absolute atomic E-state index is 11.9. The second kappa shape index (κ2) is 8.34. The molecule has 0 aliphatic carbocycles. The van der Waals surface area contributed by atoms with Gasteiger partial charge in [-0.25, -0.2) is 0 Å². The molecule has 0 fully saturated rings. The Morgan fingerprint density at radius 2 is 2.11 bits per heavy atom. The molecule has 1 rings (SSSR count). The highest BCUT2D eigenvalue weighted by Crippen LogP contribution is 2.18. The molecule has 0 radical (unpaired) electrons. The lowest BCUT2D eigenvalue weighted by molar-refractivity contribution is 0.0952. The Morgan fingerprint density at radius 3 is 2.78 bits per heavy atom. The lowest BCUT2D eigenvalue weighted by atomic mass is 10.1. The second-order valence-electron chi connectivity index (χ2n) is 4.19. The van der Waals surface area contributed by atoms with Crippen LogP contribution >= 0.6 is 22.6 Å². The van der Waals surface area contributed by atoms with Gasteiger partial charge >= 0.3 is 0 Å². The fourth-order valence-electron chi connectivity index (χ4n) is 1.66. The van der Waals surface area contributed by atoms with E-state index in [0.717, 1.165) is 24.3 Å². The highest BCUT2D eigenvalue weighted by molar-refractivity contribution is 14.1. The highest BCUT2D eigenvalue weighted by Gasteiger charge is 2.07. The molecule has 0 heterocycles. The number of benzene rings is 1. The predicted molar refractivity (Wildman–Crippen MR) is 82.8 cm³/mol. The van der Waals surface area contributed by atoms with Crippen LogP contribution in [0.2, 0.25) is 0 Å². The summed E-state index contributed by atoms with van der Waals surface area (Å²) < 4.78 is 6.39. The number of methoxy groups -OCH3 is 1. The van der Waals surface area contributed by atoms with Gasteiger partial charge in [0, 0.05) is 12.1 Å². The maximum Gasteiger partial charge on any atom is 0.251 e. The second-order valence-corrected chi connectivity index (χ2v) is 5.27. The number of hydrogen-bond donors (Lipinski definition) is 1. The summed E-state index contributed by atoms with van der Waals surface area (Å²) in [7, 11) is 1.62. The summed E-state index contributed by atoms with van der Waals surface area (Å²) in [6.07, 6.45) is 3.42. The fraction of sp³-hybridized carbons (Fsp3) is 0.500. The summed E-state index contributed by atoms with van der Waals surface area (Å²) in [4.78, 5) is 11.9. The molecule has 0 unspecified atom stereocenters. The van der Waals surface area contributed by atoms with Crippen molar-refractivity contribution in [3.05, 3.63) is 29.3 Å². The van der Waals surface area contributed by atoms with Crippen molar-refractivity contribution in [1.29, 1.82) is 0 Å². The number of ether oxygens (including phenoxy) is 1. The van der Waals surface area contributed by atoms with Crippen molar-refractivity contribution in [2.75, 3.05) is 18.1 Å². The number of aryl methyl sites for hydroxylation is 1. The molecule has 0 bridgehead atoms. The van der Waals surface area contributed by atoms with Crippen molar-refractivity contribution in [2.24, 2.45) is 0 Å². The van der Waals surface area contributed by atoms with Gasteiger partial charge in [0.25, 0.3) is 5.91 Å². The summed E-state index contributed by atoms with van der Waals surface area (Å²) in [5.41, 5.74) is 1.70. The van der Waals surface area contributed by atoms with Crippen molar-refractivity contribution in [2.45, 2.75) is 26.2 Å². The Balaban J connectivity index is 2.46. The molecule has 4 heteroatoms. The fourth-order valence-corrected chi connectivity index (χ4v) is 2.20. The SMILES string of the molecule is COc1cc(C(=O)NCCCCCI)ccc1C. The summed E-state index contributed by atoms with van der Waals surface area (Å²) in [5.74, 6) is 0.732. The van der Waals surface area contributed by atoms with Crippen LogP contribution in [0.4, 0.5) is 0 Å². The van der Waals surface area contributed by atoms with Crippen molar-refractivity contribution in [3.63, 3.8) is 0 Å². The van der Waals surface area contributed by atoms with E-state index in [1.807, 2.05) is 19.1 Å². The third kappa shape index (κ3) is 4.84. The van der Waals surface area contributed by atoms with Gasteiger partial charge in [-0.3, -0.25) is 4.79 Å². The number of nitrogens with one attached hydrogen (secondary N) is 1. The number of halogens is 1. The summed E-state index contributed by atoms with van der Waals surface area (Å²) in [5, 5.41) is 2.93. The zero-order valence-electron chi connectivity index (χ0n) is 11.0. The number of amides is 1. The van der Waals surface area contributed by atoms with Crippen molar-refractivity contribution < 1.29 is 9.53 Å². The molecule has 1 amide bonds. The first-order valence-corrected chi connectivity index (χ1v) is 7.70. The topological polar surface area (TPSA) is 38.3 Å². The molecule has 0 saturated carbocycles. The monoisotopic (exact) mass is 361 g/mol. The van der Waals surface area contributed by atoms with Gasteiger partial charge in [0.2, 0.25) is 0 Å². The van der Waals surface area contributed by atoms with Gasteiger partial charge < -0.3 is 10.1 Å². The largest absolute Gasteiger partial charge is 0.496 e. The first-order chi connectivity index (χ1) is 8.69. The molecule has 1 aromatic carbocycles. The van der Waals surface area contributed by atoms with Gasteiger partial charge in [-0.2, -0.15) is 0 Å². The number of unbranched alkanes of at least 4 members (excludes halogenated alkanes) is 2. The molecule has 0 aromatic heterocycles. The summed E-state index contributed by atoms with van der Waals surface area (Å²) in [6, 6.07) is 5.53. The lowest BCUT2D eigenvalue weighted by Gasteiger charge is -2.08. The van der Waals surface area contributed by atoms with E-state index in [-0.39, 0.29) is 5.91 Å². The van der Waals surface area contributed by atoms with E-state index in [1.54, 1.807) is 13.2 Å².